The van der Waals surface area contributed by atoms with Crippen LogP contribution in [0.15, 0.2) is 42.5 Å². The molecule has 0 saturated heterocycles. The average molecular weight is 315 g/mol. The first-order valence-corrected chi connectivity index (χ1v) is 7.36. The van der Waals surface area contributed by atoms with Crippen LogP contribution in [0.5, 0.6) is 5.75 Å². The second-order valence-electron chi connectivity index (χ2n) is 5.38. The van der Waals surface area contributed by atoms with Crippen molar-refractivity contribution in [1.29, 1.82) is 0 Å². The van der Waals surface area contributed by atoms with Crippen molar-refractivity contribution >= 4 is 23.1 Å². The van der Waals surface area contributed by atoms with Gasteiger partial charge in [0.15, 0.2) is 0 Å². The predicted octanol–water partition coefficient (Wildman–Crippen LogP) is 4.56. The molecule has 1 atom stereocenters. The molecule has 1 aliphatic rings. The largest absolute Gasteiger partial charge is 0.486 e. The maximum absolute atomic E-state index is 11.2. The van der Waals surface area contributed by atoms with Gasteiger partial charge in [0, 0.05) is 10.6 Å². The third-order valence-corrected chi connectivity index (χ3v) is 3.94. The van der Waals surface area contributed by atoms with Gasteiger partial charge in [0.05, 0.1) is 5.56 Å². The van der Waals surface area contributed by atoms with Crippen LogP contribution in [0.1, 0.15) is 34.0 Å². The fourth-order valence-electron chi connectivity index (χ4n) is 2.70. The van der Waals surface area contributed by atoms with E-state index >= 15 is 0 Å². The van der Waals surface area contributed by atoms with Gasteiger partial charge in [-0.15, -0.1) is 0 Å². The lowest BCUT2D eigenvalue weighted by molar-refractivity contribution is 0.0697. The molecular weight excluding hydrogens is 300 g/mol. The van der Waals surface area contributed by atoms with E-state index in [2.05, 4.69) is 0 Å². The van der Waals surface area contributed by atoms with Gasteiger partial charge in [-0.25, -0.2) is 4.79 Å². The first kappa shape index (κ1) is 14.7. The number of carbonyl (C=O) groups is 1. The Balaban J connectivity index is 2.19. The van der Waals surface area contributed by atoms with Crippen LogP contribution in [0.2, 0.25) is 5.02 Å². The summed E-state index contributed by atoms with van der Waals surface area (Å²) in [4.78, 5) is 11.2. The molecule has 0 aliphatic carbocycles. The minimum Gasteiger partial charge on any atom is -0.486 e. The van der Waals surface area contributed by atoms with Crippen molar-refractivity contribution < 1.29 is 14.6 Å². The molecule has 0 bridgehead atoms. The van der Waals surface area contributed by atoms with Crippen molar-refractivity contribution in [2.75, 3.05) is 0 Å². The Labute approximate surface area is 133 Å². The third kappa shape index (κ3) is 2.60. The second-order valence-corrected chi connectivity index (χ2v) is 5.82. The summed E-state index contributed by atoms with van der Waals surface area (Å²) in [6.07, 6.45) is 1.93. The highest BCUT2D eigenvalue weighted by Gasteiger charge is 2.21. The van der Waals surface area contributed by atoms with Crippen LogP contribution >= 0.6 is 11.6 Å². The number of fused-ring (bicyclic) bond motifs is 1. The fraction of sp³-hybridized carbons (Fsp3) is 0.167. The molecule has 2 aromatic rings. The number of carboxylic acid groups (broad SMARTS) is 1. The number of halogens is 1. The minimum atomic E-state index is -0.950. The summed E-state index contributed by atoms with van der Waals surface area (Å²) in [6, 6.07) is 10.6. The Bertz CT molecular complexity index is 793. The van der Waals surface area contributed by atoms with E-state index in [-0.39, 0.29) is 11.7 Å². The van der Waals surface area contributed by atoms with Gasteiger partial charge in [0.25, 0.3) is 0 Å². The lowest BCUT2D eigenvalue weighted by Crippen LogP contribution is -2.16. The van der Waals surface area contributed by atoms with Gasteiger partial charge in [0.2, 0.25) is 0 Å². The molecule has 0 spiro atoms. The number of ether oxygens (including phenoxy) is 1. The van der Waals surface area contributed by atoms with Crippen LogP contribution in [0.4, 0.5) is 0 Å². The van der Waals surface area contributed by atoms with E-state index in [0.717, 1.165) is 22.3 Å². The van der Waals surface area contributed by atoms with E-state index in [4.69, 9.17) is 16.3 Å². The van der Waals surface area contributed by atoms with E-state index < -0.39 is 5.97 Å². The number of hydrogen-bond acceptors (Lipinski definition) is 2. The van der Waals surface area contributed by atoms with Gasteiger partial charge in [-0.05, 0) is 67.0 Å². The molecule has 1 unspecified atom stereocenters. The van der Waals surface area contributed by atoms with Crippen molar-refractivity contribution in [3.05, 3.63) is 69.8 Å². The van der Waals surface area contributed by atoms with E-state index in [1.807, 2.05) is 38.1 Å². The molecule has 0 amide bonds. The first-order valence-electron chi connectivity index (χ1n) is 6.98. The Morgan fingerprint density at radius 3 is 2.64 bits per heavy atom. The van der Waals surface area contributed by atoms with Crippen LogP contribution < -0.4 is 4.74 Å². The fourth-order valence-corrected chi connectivity index (χ4v) is 2.93. The highest BCUT2D eigenvalue weighted by atomic mass is 35.5. The maximum Gasteiger partial charge on any atom is 0.335 e. The summed E-state index contributed by atoms with van der Waals surface area (Å²) in [5, 5.41) is 9.89. The Morgan fingerprint density at radius 2 is 1.95 bits per heavy atom. The number of hydrogen-bond donors (Lipinski definition) is 1. The van der Waals surface area contributed by atoms with Crippen molar-refractivity contribution in [2.45, 2.75) is 20.0 Å². The molecule has 1 heterocycles. The van der Waals surface area contributed by atoms with Crippen LogP contribution in [0, 0.1) is 6.92 Å². The van der Waals surface area contributed by atoms with Crippen molar-refractivity contribution in [3.8, 4) is 5.75 Å². The molecule has 4 heteroatoms. The standard InChI is InChI=1S/C18H15ClO3/c1-10-7-13(19)4-5-14(10)15-8-11(2)22-17-6-3-12(18(20)21)9-16(15)17/h3-9,11H,1-2H3,(H,20,21). The number of aromatic carboxylic acids is 1. The van der Waals surface area contributed by atoms with Gasteiger partial charge in [-0.3, -0.25) is 0 Å². The summed E-state index contributed by atoms with van der Waals surface area (Å²) < 4.78 is 5.79. The number of rotatable bonds is 2. The van der Waals surface area contributed by atoms with Gasteiger partial charge < -0.3 is 9.84 Å². The maximum atomic E-state index is 11.2. The van der Waals surface area contributed by atoms with Crippen molar-refractivity contribution in [3.63, 3.8) is 0 Å². The number of carboxylic acids is 1. The zero-order chi connectivity index (χ0) is 15.9. The molecular formula is C18H15ClO3. The molecule has 2 aromatic carbocycles. The molecule has 0 aromatic heterocycles. The second kappa shape index (κ2) is 5.50. The zero-order valence-electron chi connectivity index (χ0n) is 12.3. The molecule has 0 fully saturated rings. The SMILES string of the molecule is Cc1cc(Cl)ccc1C1=CC(C)Oc2ccc(C(=O)O)cc21. The molecule has 3 rings (SSSR count). The molecule has 3 nitrogen and oxygen atoms in total. The molecule has 1 N–H and O–H groups in total. The molecule has 112 valence electrons. The van der Waals surface area contributed by atoms with Crippen LogP contribution in [-0.2, 0) is 0 Å². The zero-order valence-corrected chi connectivity index (χ0v) is 13.0. The number of benzene rings is 2. The minimum absolute atomic E-state index is 0.0757. The topological polar surface area (TPSA) is 46.5 Å². The quantitative estimate of drug-likeness (QED) is 0.884. The normalized spacial score (nSPS) is 16.5. The highest BCUT2D eigenvalue weighted by Crippen LogP contribution is 2.38. The smallest absolute Gasteiger partial charge is 0.335 e. The van der Waals surface area contributed by atoms with Gasteiger partial charge in [-0.1, -0.05) is 17.7 Å². The monoisotopic (exact) mass is 314 g/mol. The number of aryl methyl sites for hydroxylation is 1. The lowest BCUT2D eigenvalue weighted by Gasteiger charge is -2.24. The Morgan fingerprint density at radius 1 is 1.18 bits per heavy atom. The summed E-state index contributed by atoms with van der Waals surface area (Å²) in [5.74, 6) is -0.252. The Hall–Kier alpha value is -2.26. The first-order chi connectivity index (χ1) is 10.5. The highest BCUT2D eigenvalue weighted by molar-refractivity contribution is 6.30. The van der Waals surface area contributed by atoms with Crippen LogP contribution in [-0.4, -0.2) is 17.2 Å². The summed E-state index contributed by atoms with van der Waals surface area (Å²) >= 11 is 6.03. The van der Waals surface area contributed by atoms with E-state index in [1.54, 1.807) is 18.2 Å². The summed E-state index contributed by atoms with van der Waals surface area (Å²) in [5.41, 5.74) is 4.09. The van der Waals surface area contributed by atoms with Gasteiger partial charge in [0.1, 0.15) is 11.9 Å². The molecule has 1 aliphatic heterocycles. The van der Waals surface area contributed by atoms with Crippen molar-refractivity contribution in [2.24, 2.45) is 0 Å². The lowest BCUT2D eigenvalue weighted by atomic mass is 9.90. The van der Waals surface area contributed by atoms with E-state index in [1.165, 1.54) is 0 Å². The van der Waals surface area contributed by atoms with Gasteiger partial charge >= 0.3 is 5.97 Å². The third-order valence-electron chi connectivity index (χ3n) is 3.71. The summed E-state index contributed by atoms with van der Waals surface area (Å²) in [6.45, 7) is 3.95. The predicted molar refractivity (Wildman–Crippen MR) is 86.8 cm³/mol. The summed E-state index contributed by atoms with van der Waals surface area (Å²) in [7, 11) is 0. The van der Waals surface area contributed by atoms with Crippen LogP contribution in [0.3, 0.4) is 0 Å². The van der Waals surface area contributed by atoms with E-state index in [0.29, 0.717) is 10.8 Å². The van der Waals surface area contributed by atoms with Crippen LogP contribution in [0.25, 0.3) is 5.57 Å². The average Bonchev–Trinajstić information content (AvgIpc) is 2.46. The molecule has 22 heavy (non-hydrogen) atoms. The van der Waals surface area contributed by atoms with E-state index in [9.17, 15) is 9.90 Å². The molecule has 0 radical (unpaired) electrons. The molecule has 0 saturated carbocycles. The Kier molecular flexibility index (Phi) is 3.67. The van der Waals surface area contributed by atoms with Gasteiger partial charge in [-0.2, -0.15) is 0 Å². The van der Waals surface area contributed by atoms with Crippen molar-refractivity contribution in [1.82, 2.24) is 0 Å².